The van der Waals surface area contributed by atoms with Crippen molar-refractivity contribution in [2.75, 3.05) is 12.4 Å². The van der Waals surface area contributed by atoms with Crippen LogP contribution in [0.15, 0.2) is 30.3 Å². The molecular formula is C15H15NO3S. The molecule has 1 aromatic carbocycles. The van der Waals surface area contributed by atoms with Crippen LogP contribution in [0.4, 0.5) is 5.00 Å². The zero-order valence-corrected chi connectivity index (χ0v) is 12.3. The molecule has 0 atom stereocenters. The number of nitrogens with one attached hydrogen (secondary N) is 1. The van der Waals surface area contributed by atoms with Gasteiger partial charge in [0.2, 0.25) is 0 Å². The Morgan fingerprint density at radius 2 is 1.90 bits per heavy atom. The summed E-state index contributed by atoms with van der Waals surface area (Å²) in [6.07, 6.45) is 0. The summed E-state index contributed by atoms with van der Waals surface area (Å²) in [5.41, 5.74) is 2.67. The number of esters is 1. The summed E-state index contributed by atoms with van der Waals surface area (Å²) >= 11 is 1.19. The third-order valence-electron chi connectivity index (χ3n) is 2.86. The molecule has 2 rings (SSSR count). The molecule has 104 valence electrons. The van der Waals surface area contributed by atoms with E-state index in [1.165, 1.54) is 18.4 Å². The lowest BCUT2D eigenvalue weighted by molar-refractivity contribution is 0.0606. The fourth-order valence-electron chi connectivity index (χ4n) is 1.86. The first-order valence-corrected chi connectivity index (χ1v) is 6.89. The van der Waals surface area contributed by atoms with E-state index in [0.29, 0.717) is 15.4 Å². The van der Waals surface area contributed by atoms with Gasteiger partial charge >= 0.3 is 5.97 Å². The normalized spacial score (nSPS) is 10.2. The third-order valence-corrected chi connectivity index (χ3v) is 3.84. The monoisotopic (exact) mass is 289 g/mol. The Labute approximate surface area is 121 Å². The van der Waals surface area contributed by atoms with Gasteiger partial charge in [-0.1, -0.05) is 17.7 Å². The molecule has 0 fully saturated rings. The van der Waals surface area contributed by atoms with Gasteiger partial charge < -0.3 is 10.1 Å². The van der Waals surface area contributed by atoms with E-state index in [1.807, 2.05) is 26.0 Å². The molecule has 0 radical (unpaired) electrons. The average Bonchev–Trinajstić information content (AvgIpc) is 2.86. The number of thiophene rings is 1. The van der Waals surface area contributed by atoms with Crippen LogP contribution in [0.2, 0.25) is 0 Å². The Morgan fingerprint density at radius 1 is 1.15 bits per heavy atom. The lowest BCUT2D eigenvalue weighted by atomic mass is 10.1. The average molecular weight is 289 g/mol. The first kappa shape index (κ1) is 14.3. The Morgan fingerprint density at radius 3 is 2.55 bits per heavy atom. The van der Waals surface area contributed by atoms with Crippen LogP contribution in [0.25, 0.3) is 0 Å². The fourth-order valence-corrected chi connectivity index (χ4v) is 2.68. The number of benzene rings is 1. The highest BCUT2D eigenvalue weighted by Crippen LogP contribution is 2.23. The number of anilines is 1. The Kier molecular flexibility index (Phi) is 4.20. The van der Waals surface area contributed by atoms with Crippen molar-refractivity contribution >= 4 is 28.2 Å². The van der Waals surface area contributed by atoms with Gasteiger partial charge in [0.1, 0.15) is 4.88 Å². The van der Waals surface area contributed by atoms with Gasteiger partial charge in [0, 0.05) is 5.56 Å². The predicted octanol–water partition coefficient (Wildman–Crippen LogP) is 3.40. The maximum atomic E-state index is 12.2. The zero-order valence-electron chi connectivity index (χ0n) is 11.5. The van der Waals surface area contributed by atoms with E-state index in [2.05, 4.69) is 10.1 Å². The van der Waals surface area contributed by atoms with E-state index in [9.17, 15) is 9.59 Å². The number of rotatable bonds is 3. The van der Waals surface area contributed by atoms with Crippen molar-refractivity contribution in [3.05, 3.63) is 51.9 Å². The molecule has 0 bridgehead atoms. The quantitative estimate of drug-likeness (QED) is 0.881. The minimum absolute atomic E-state index is 0.180. The van der Waals surface area contributed by atoms with E-state index in [4.69, 9.17) is 0 Å². The standard InChI is InChI=1S/C15H15NO3S/c1-9-4-5-11(10(2)8-9)14(17)16-13-7-6-12(20-13)15(18)19-3/h4-8H,1-3H3,(H,16,17). The summed E-state index contributed by atoms with van der Waals surface area (Å²) in [5.74, 6) is -0.581. The summed E-state index contributed by atoms with van der Waals surface area (Å²) < 4.78 is 4.63. The molecule has 1 amide bonds. The van der Waals surface area contributed by atoms with E-state index < -0.39 is 5.97 Å². The van der Waals surface area contributed by atoms with Gasteiger partial charge in [-0.15, -0.1) is 11.3 Å². The molecular weight excluding hydrogens is 274 g/mol. The van der Waals surface area contributed by atoms with Crippen molar-refractivity contribution in [3.63, 3.8) is 0 Å². The van der Waals surface area contributed by atoms with Crippen LogP contribution in [0, 0.1) is 13.8 Å². The molecule has 1 heterocycles. The number of carbonyl (C=O) groups is 2. The maximum absolute atomic E-state index is 12.2. The van der Waals surface area contributed by atoms with Crippen molar-refractivity contribution in [1.29, 1.82) is 0 Å². The summed E-state index contributed by atoms with van der Waals surface area (Å²) in [7, 11) is 1.33. The first-order chi connectivity index (χ1) is 9.51. The molecule has 0 saturated heterocycles. The predicted molar refractivity (Wildman–Crippen MR) is 79.5 cm³/mol. The van der Waals surface area contributed by atoms with Crippen molar-refractivity contribution in [3.8, 4) is 0 Å². The highest BCUT2D eigenvalue weighted by atomic mass is 32.1. The van der Waals surface area contributed by atoms with Crippen LogP contribution < -0.4 is 5.32 Å². The molecule has 4 nitrogen and oxygen atoms in total. The molecule has 0 aliphatic rings. The molecule has 0 aliphatic heterocycles. The summed E-state index contributed by atoms with van der Waals surface area (Å²) in [6.45, 7) is 3.88. The van der Waals surface area contributed by atoms with E-state index in [-0.39, 0.29) is 5.91 Å². The van der Waals surface area contributed by atoms with Gasteiger partial charge in [0.25, 0.3) is 5.91 Å². The van der Waals surface area contributed by atoms with E-state index in [0.717, 1.165) is 11.1 Å². The molecule has 5 heteroatoms. The number of aryl methyl sites for hydroxylation is 2. The number of ether oxygens (including phenoxy) is 1. The number of hydrogen-bond donors (Lipinski definition) is 1. The van der Waals surface area contributed by atoms with Crippen molar-refractivity contribution in [2.45, 2.75) is 13.8 Å². The number of carbonyl (C=O) groups excluding carboxylic acids is 2. The minimum Gasteiger partial charge on any atom is -0.465 e. The summed E-state index contributed by atoms with van der Waals surface area (Å²) in [4.78, 5) is 24.0. The van der Waals surface area contributed by atoms with E-state index >= 15 is 0 Å². The topological polar surface area (TPSA) is 55.4 Å². The molecule has 1 aromatic heterocycles. The second-order valence-electron chi connectivity index (χ2n) is 4.43. The van der Waals surface area contributed by atoms with Crippen molar-refractivity contribution in [2.24, 2.45) is 0 Å². The number of methoxy groups -OCH3 is 1. The third kappa shape index (κ3) is 3.05. The zero-order chi connectivity index (χ0) is 14.7. The van der Waals surface area contributed by atoms with Crippen LogP contribution in [-0.2, 0) is 4.74 Å². The van der Waals surface area contributed by atoms with Gasteiger partial charge in [0.05, 0.1) is 12.1 Å². The van der Waals surface area contributed by atoms with Gasteiger partial charge in [-0.25, -0.2) is 4.79 Å². The van der Waals surface area contributed by atoms with Crippen LogP contribution in [0.1, 0.15) is 31.2 Å². The molecule has 0 spiro atoms. The second-order valence-corrected chi connectivity index (χ2v) is 5.51. The highest BCUT2D eigenvalue weighted by molar-refractivity contribution is 7.18. The molecule has 1 N–H and O–H groups in total. The van der Waals surface area contributed by atoms with Crippen molar-refractivity contribution < 1.29 is 14.3 Å². The van der Waals surface area contributed by atoms with Gasteiger partial charge in [0.15, 0.2) is 0 Å². The molecule has 0 unspecified atom stereocenters. The lowest BCUT2D eigenvalue weighted by Gasteiger charge is -2.06. The smallest absolute Gasteiger partial charge is 0.348 e. The fraction of sp³-hybridized carbons (Fsp3) is 0.200. The van der Waals surface area contributed by atoms with Crippen LogP contribution in [0.3, 0.4) is 0 Å². The Bertz CT molecular complexity index is 661. The lowest BCUT2D eigenvalue weighted by Crippen LogP contribution is -2.12. The molecule has 0 saturated carbocycles. The van der Waals surface area contributed by atoms with Gasteiger partial charge in [-0.2, -0.15) is 0 Å². The van der Waals surface area contributed by atoms with Crippen LogP contribution in [-0.4, -0.2) is 19.0 Å². The van der Waals surface area contributed by atoms with Crippen LogP contribution >= 0.6 is 11.3 Å². The SMILES string of the molecule is COC(=O)c1ccc(NC(=O)c2ccc(C)cc2C)s1. The minimum atomic E-state index is -0.401. The van der Waals surface area contributed by atoms with Crippen LogP contribution in [0.5, 0.6) is 0 Å². The van der Waals surface area contributed by atoms with E-state index in [1.54, 1.807) is 18.2 Å². The largest absolute Gasteiger partial charge is 0.465 e. The number of amides is 1. The molecule has 2 aromatic rings. The second kappa shape index (κ2) is 5.88. The molecule has 20 heavy (non-hydrogen) atoms. The Hall–Kier alpha value is -2.14. The van der Waals surface area contributed by atoms with Gasteiger partial charge in [-0.05, 0) is 37.6 Å². The number of hydrogen-bond acceptors (Lipinski definition) is 4. The Balaban J connectivity index is 2.15. The first-order valence-electron chi connectivity index (χ1n) is 6.08. The highest BCUT2D eigenvalue weighted by Gasteiger charge is 2.13. The summed E-state index contributed by atoms with van der Waals surface area (Å²) in [6, 6.07) is 8.99. The molecule has 0 aliphatic carbocycles. The summed E-state index contributed by atoms with van der Waals surface area (Å²) in [5, 5.41) is 3.41. The van der Waals surface area contributed by atoms with Gasteiger partial charge in [-0.3, -0.25) is 4.79 Å². The van der Waals surface area contributed by atoms with Crippen molar-refractivity contribution in [1.82, 2.24) is 0 Å². The maximum Gasteiger partial charge on any atom is 0.348 e.